The summed E-state index contributed by atoms with van der Waals surface area (Å²) < 4.78 is 28.7. The van der Waals surface area contributed by atoms with Crippen LogP contribution in [-0.2, 0) is 14.6 Å². The quantitative estimate of drug-likeness (QED) is 0.854. The molecule has 21 heavy (non-hydrogen) atoms. The van der Waals surface area contributed by atoms with Gasteiger partial charge in [0.15, 0.2) is 0 Å². The van der Waals surface area contributed by atoms with Crippen molar-refractivity contribution in [2.75, 3.05) is 31.7 Å². The first-order valence-electron chi connectivity index (χ1n) is 7.37. The van der Waals surface area contributed by atoms with Gasteiger partial charge in [-0.05, 0) is 31.9 Å². The first-order valence-corrected chi connectivity index (χ1v) is 9.43. The number of sulfone groups is 1. The van der Waals surface area contributed by atoms with Crippen molar-refractivity contribution >= 4 is 9.84 Å². The van der Waals surface area contributed by atoms with Crippen molar-refractivity contribution in [2.24, 2.45) is 0 Å². The summed E-state index contributed by atoms with van der Waals surface area (Å²) in [4.78, 5) is 2.22. The minimum absolute atomic E-state index is 0.0284. The van der Waals surface area contributed by atoms with E-state index in [-0.39, 0.29) is 17.9 Å². The molecule has 1 aliphatic rings. The van der Waals surface area contributed by atoms with Gasteiger partial charge < -0.3 is 4.74 Å². The van der Waals surface area contributed by atoms with Gasteiger partial charge in [0.25, 0.3) is 0 Å². The molecule has 1 saturated heterocycles. The van der Waals surface area contributed by atoms with Crippen LogP contribution in [0.5, 0.6) is 0 Å². The highest BCUT2D eigenvalue weighted by Gasteiger charge is 2.28. The zero-order chi connectivity index (χ0) is 15.6. The molecule has 1 fully saturated rings. The minimum atomic E-state index is -2.93. The maximum Gasteiger partial charge on any atom is 0.148 e. The molecule has 4 nitrogen and oxygen atoms in total. The molecule has 1 aromatic rings. The van der Waals surface area contributed by atoms with E-state index in [1.54, 1.807) is 0 Å². The Labute approximate surface area is 128 Å². The molecule has 0 amide bonds. The molecule has 0 spiro atoms. The predicted molar refractivity (Wildman–Crippen MR) is 85.4 cm³/mol. The normalized spacial score (nSPS) is 24.2. The SMILES string of the molecule is Cc1ccc(C)c(C2CN(CCS(C)(=O)=O)C(C)CO2)c1. The van der Waals surface area contributed by atoms with E-state index in [0.717, 1.165) is 6.54 Å². The van der Waals surface area contributed by atoms with E-state index in [4.69, 9.17) is 4.74 Å². The van der Waals surface area contributed by atoms with Crippen molar-refractivity contribution in [2.45, 2.75) is 32.9 Å². The van der Waals surface area contributed by atoms with Crippen molar-refractivity contribution in [1.82, 2.24) is 4.90 Å². The van der Waals surface area contributed by atoms with Crippen LogP contribution in [0.1, 0.15) is 29.7 Å². The lowest BCUT2D eigenvalue weighted by Crippen LogP contribution is -2.46. The molecule has 0 aliphatic carbocycles. The van der Waals surface area contributed by atoms with Crippen LogP contribution in [0.4, 0.5) is 0 Å². The van der Waals surface area contributed by atoms with Crippen molar-refractivity contribution in [3.8, 4) is 0 Å². The van der Waals surface area contributed by atoms with E-state index in [1.165, 1.54) is 22.9 Å². The van der Waals surface area contributed by atoms with Crippen LogP contribution in [0.15, 0.2) is 18.2 Å². The lowest BCUT2D eigenvalue weighted by atomic mass is 9.99. The van der Waals surface area contributed by atoms with Crippen LogP contribution in [0.25, 0.3) is 0 Å². The molecule has 0 bridgehead atoms. The number of rotatable bonds is 4. The zero-order valence-electron chi connectivity index (χ0n) is 13.3. The fourth-order valence-corrected chi connectivity index (χ4v) is 3.26. The third kappa shape index (κ3) is 4.53. The van der Waals surface area contributed by atoms with E-state index in [0.29, 0.717) is 13.2 Å². The van der Waals surface area contributed by atoms with Gasteiger partial charge in [-0.1, -0.05) is 23.8 Å². The third-order valence-corrected chi connectivity index (χ3v) is 5.02. The highest BCUT2D eigenvalue weighted by molar-refractivity contribution is 7.90. The standard InChI is InChI=1S/C16H25NO3S/c1-12-5-6-13(2)15(9-12)16-10-17(14(3)11-20-16)7-8-21(4,18)19/h5-6,9,14,16H,7-8,10-11H2,1-4H3. The van der Waals surface area contributed by atoms with Gasteiger partial charge in [0.1, 0.15) is 9.84 Å². The Morgan fingerprint density at radius 2 is 2.05 bits per heavy atom. The summed E-state index contributed by atoms with van der Waals surface area (Å²) in [6.45, 7) is 8.22. The Bertz CT molecular complexity index is 598. The number of benzene rings is 1. The maximum atomic E-state index is 11.4. The van der Waals surface area contributed by atoms with Crippen LogP contribution in [0.2, 0.25) is 0 Å². The Morgan fingerprint density at radius 3 is 2.71 bits per heavy atom. The fraction of sp³-hybridized carbons (Fsp3) is 0.625. The van der Waals surface area contributed by atoms with Crippen molar-refractivity contribution in [1.29, 1.82) is 0 Å². The largest absolute Gasteiger partial charge is 0.371 e. The summed E-state index contributed by atoms with van der Waals surface area (Å²) in [6.07, 6.45) is 1.32. The molecule has 2 unspecified atom stereocenters. The van der Waals surface area contributed by atoms with Crippen molar-refractivity contribution in [3.05, 3.63) is 34.9 Å². The lowest BCUT2D eigenvalue weighted by Gasteiger charge is -2.38. The van der Waals surface area contributed by atoms with Gasteiger partial charge in [-0.15, -0.1) is 0 Å². The summed E-state index contributed by atoms with van der Waals surface area (Å²) in [5, 5.41) is 0. The van der Waals surface area contributed by atoms with Crippen molar-refractivity contribution < 1.29 is 13.2 Å². The molecule has 0 radical (unpaired) electrons. The number of ether oxygens (including phenoxy) is 1. The van der Waals surface area contributed by atoms with Gasteiger partial charge in [-0.25, -0.2) is 8.42 Å². The molecule has 1 aliphatic heterocycles. The second-order valence-corrected chi connectivity index (χ2v) is 8.42. The molecule has 1 heterocycles. The van der Waals surface area contributed by atoms with Crippen molar-refractivity contribution in [3.63, 3.8) is 0 Å². The Kier molecular flexibility index (Phi) is 5.07. The number of hydrogen-bond donors (Lipinski definition) is 0. The summed E-state index contributed by atoms with van der Waals surface area (Å²) in [5.74, 6) is 0.205. The Morgan fingerprint density at radius 1 is 1.33 bits per heavy atom. The third-order valence-electron chi connectivity index (χ3n) is 4.09. The van der Waals surface area contributed by atoms with Gasteiger partial charge in [0.05, 0.1) is 18.5 Å². The van der Waals surface area contributed by atoms with Crippen LogP contribution in [0, 0.1) is 13.8 Å². The molecule has 2 rings (SSSR count). The molecule has 0 N–H and O–H groups in total. The topological polar surface area (TPSA) is 46.6 Å². The fourth-order valence-electron chi connectivity index (χ4n) is 2.70. The number of nitrogens with zero attached hydrogens (tertiary/aromatic N) is 1. The Balaban J connectivity index is 2.11. The molecule has 118 valence electrons. The highest BCUT2D eigenvalue weighted by Crippen LogP contribution is 2.27. The predicted octanol–water partition coefficient (Wildman–Crippen LogP) is 2.11. The van der Waals surface area contributed by atoms with Crippen LogP contribution >= 0.6 is 0 Å². The molecular formula is C16H25NO3S. The van der Waals surface area contributed by atoms with Gasteiger partial charge in [-0.2, -0.15) is 0 Å². The molecule has 2 atom stereocenters. The second kappa shape index (κ2) is 6.46. The smallest absolute Gasteiger partial charge is 0.148 e. The molecule has 5 heteroatoms. The molecule has 1 aromatic carbocycles. The van der Waals surface area contributed by atoms with E-state index in [2.05, 4.69) is 43.9 Å². The maximum absolute atomic E-state index is 11.4. The summed E-state index contributed by atoms with van der Waals surface area (Å²) >= 11 is 0. The van der Waals surface area contributed by atoms with Gasteiger partial charge in [-0.3, -0.25) is 4.90 Å². The van der Waals surface area contributed by atoms with E-state index in [1.807, 2.05) is 0 Å². The molecule has 0 saturated carbocycles. The van der Waals surface area contributed by atoms with Gasteiger partial charge in [0, 0.05) is 25.4 Å². The van der Waals surface area contributed by atoms with Crippen LogP contribution < -0.4 is 0 Å². The molecule has 0 aromatic heterocycles. The van der Waals surface area contributed by atoms with Crippen LogP contribution in [0.3, 0.4) is 0 Å². The zero-order valence-corrected chi connectivity index (χ0v) is 14.1. The van der Waals surface area contributed by atoms with E-state index in [9.17, 15) is 8.42 Å². The minimum Gasteiger partial charge on any atom is -0.371 e. The highest BCUT2D eigenvalue weighted by atomic mass is 32.2. The number of morpholine rings is 1. The van der Waals surface area contributed by atoms with Gasteiger partial charge in [0.2, 0.25) is 0 Å². The summed E-state index contributed by atoms with van der Waals surface area (Å²) in [5.41, 5.74) is 3.66. The summed E-state index contributed by atoms with van der Waals surface area (Å²) in [6, 6.07) is 6.65. The average molecular weight is 311 g/mol. The summed E-state index contributed by atoms with van der Waals surface area (Å²) in [7, 11) is -2.93. The first-order chi connectivity index (χ1) is 9.76. The molecular weight excluding hydrogens is 286 g/mol. The average Bonchev–Trinajstić information content (AvgIpc) is 2.40. The van der Waals surface area contributed by atoms with E-state index < -0.39 is 9.84 Å². The first kappa shape index (κ1) is 16.5. The Hall–Kier alpha value is -0.910. The monoisotopic (exact) mass is 311 g/mol. The second-order valence-electron chi connectivity index (χ2n) is 6.16. The number of hydrogen-bond acceptors (Lipinski definition) is 4. The number of aryl methyl sites for hydroxylation is 2. The lowest BCUT2D eigenvalue weighted by molar-refractivity contribution is -0.0580. The van der Waals surface area contributed by atoms with E-state index >= 15 is 0 Å². The van der Waals surface area contributed by atoms with Gasteiger partial charge >= 0.3 is 0 Å². The van der Waals surface area contributed by atoms with Crippen LogP contribution in [-0.4, -0.2) is 51.1 Å².